The van der Waals surface area contributed by atoms with Crippen molar-refractivity contribution in [2.24, 2.45) is 5.92 Å². The quantitative estimate of drug-likeness (QED) is 0.801. The van der Waals surface area contributed by atoms with Crippen LogP contribution in [0.15, 0.2) is 18.3 Å². The summed E-state index contributed by atoms with van der Waals surface area (Å²) in [5, 5.41) is 0. The van der Waals surface area contributed by atoms with Crippen LogP contribution in [0.3, 0.4) is 0 Å². The maximum absolute atomic E-state index is 5.10. The Morgan fingerprint density at radius 2 is 2.29 bits per heavy atom. The van der Waals surface area contributed by atoms with E-state index in [4.69, 9.17) is 4.74 Å². The van der Waals surface area contributed by atoms with E-state index in [-0.39, 0.29) is 0 Å². The molecule has 2 heterocycles. The SMILES string of the molecule is COc1ccc(C2CCCN2CC(C)C)cn1. The molecule has 0 aliphatic carbocycles. The molecule has 0 saturated carbocycles. The zero-order valence-electron chi connectivity index (χ0n) is 11.0. The van der Waals surface area contributed by atoms with E-state index in [9.17, 15) is 0 Å². The third-order valence-electron chi connectivity index (χ3n) is 3.32. The molecule has 0 bridgehead atoms. The molecule has 0 spiro atoms. The number of nitrogens with zero attached hydrogens (tertiary/aromatic N) is 2. The van der Waals surface area contributed by atoms with Crippen molar-refractivity contribution in [3.05, 3.63) is 23.9 Å². The standard InChI is InChI=1S/C14H22N2O/c1-11(2)10-16-8-4-5-13(16)12-6-7-14(17-3)15-9-12/h6-7,9,11,13H,4-5,8,10H2,1-3H3. The van der Waals surface area contributed by atoms with Crippen molar-refractivity contribution >= 4 is 0 Å². The van der Waals surface area contributed by atoms with Crippen LogP contribution in [-0.2, 0) is 0 Å². The number of hydrogen-bond donors (Lipinski definition) is 0. The molecule has 0 radical (unpaired) electrons. The van der Waals surface area contributed by atoms with Gasteiger partial charge in [-0.2, -0.15) is 0 Å². The Morgan fingerprint density at radius 3 is 2.88 bits per heavy atom. The largest absolute Gasteiger partial charge is 0.481 e. The molecule has 1 aliphatic rings. The average Bonchev–Trinajstić information content (AvgIpc) is 2.76. The van der Waals surface area contributed by atoms with Crippen LogP contribution in [0.1, 0.15) is 38.3 Å². The van der Waals surface area contributed by atoms with Gasteiger partial charge in [0, 0.05) is 24.8 Å². The van der Waals surface area contributed by atoms with Gasteiger partial charge in [0.05, 0.1) is 7.11 Å². The summed E-state index contributed by atoms with van der Waals surface area (Å²) in [6, 6.07) is 4.66. The van der Waals surface area contributed by atoms with Crippen LogP contribution in [0.25, 0.3) is 0 Å². The Balaban J connectivity index is 2.08. The summed E-state index contributed by atoms with van der Waals surface area (Å²) >= 11 is 0. The molecule has 1 fully saturated rings. The number of rotatable bonds is 4. The Bertz CT molecular complexity index is 348. The molecule has 3 nitrogen and oxygen atoms in total. The Morgan fingerprint density at radius 1 is 1.47 bits per heavy atom. The van der Waals surface area contributed by atoms with Gasteiger partial charge in [-0.05, 0) is 30.9 Å². The fourth-order valence-electron chi connectivity index (χ4n) is 2.60. The zero-order chi connectivity index (χ0) is 12.3. The molecule has 1 saturated heterocycles. The highest BCUT2D eigenvalue weighted by molar-refractivity contribution is 5.21. The molecule has 1 unspecified atom stereocenters. The third kappa shape index (κ3) is 2.97. The lowest BCUT2D eigenvalue weighted by atomic mass is 10.1. The highest BCUT2D eigenvalue weighted by atomic mass is 16.5. The van der Waals surface area contributed by atoms with Gasteiger partial charge in [0.1, 0.15) is 0 Å². The van der Waals surface area contributed by atoms with E-state index < -0.39 is 0 Å². The van der Waals surface area contributed by atoms with Gasteiger partial charge in [-0.1, -0.05) is 19.9 Å². The van der Waals surface area contributed by atoms with E-state index in [2.05, 4.69) is 29.8 Å². The van der Waals surface area contributed by atoms with Gasteiger partial charge in [-0.15, -0.1) is 0 Å². The Hall–Kier alpha value is -1.09. The third-order valence-corrected chi connectivity index (χ3v) is 3.32. The van der Waals surface area contributed by atoms with Gasteiger partial charge < -0.3 is 4.74 Å². The highest BCUT2D eigenvalue weighted by Crippen LogP contribution is 2.32. The second-order valence-corrected chi connectivity index (χ2v) is 5.18. The first kappa shape index (κ1) is 12.4. The van der Waals surface area contributed by atoms with Crippen LogP contribution < -0.4 is 4.74 Å². The number of likely N-dealkylation sites (tertiary alicyclic amines) is 1. The average molecular weight is 234 g/mol. The fourth-order valence-corrected chi connectivity index (χ4v) is 2.60. The first-order valence-electron chi connectivity index (χ1n) is 6.44. The van der Waals surface area contributed by atoms with E-state index in [1.54, 1.807) is 7.11 Å². The van der Waals surface area contributed by atoms with Gasteiger partial charge >= 0.3 is 0 Å². The smallest absolute Gasteiger partial charge is 0.212 e. The fraction of sp³-hybridized carbons (Fsp3) is 0.643. The van der Waals surface area contributed by atoms with Crippen molar-refractivity contribution in [3.63, 3.8) is 0 Å². The molecule has 1 aliphatic heterocycles. The highest BCUT2D eigenvalue weighted by Gasteiger charge is 2.26. The minimum absolute atomic E-state index is 0.552. The summed E-state index contributed by atoms with van der Waals surface area (Å²) in [6.45, 7) is 6.95. The molecule has 17 heavy (non-hydrogen) atoms. The van der Waals surface area contributed by atoms with Crippen molar-refractivity contribution in [1.29, 1.82) is 0 Å². The van der Waals surface area contributed by atoms with E-state index in [0.29, 0.717) is 11.9 Å². The Kier molecular flexibility index (Phi) is 4.00. The molecule has 0 aromatic carbocycles. The number of hydrogen-bond acceptors (Lipinski definition) is 3. The number of aromatic nitrogens is 1. The predicted octanol–water partition coefficient (Wildman–Crippen LogP) is 2.88. The number of methoxy groups -OCH3 is 1. The first-order valence-corrected chi connectivity index (χ1v) is 6.44. The molecular weight excluding hydrogens is 212 g/mol. The van der Waals surface area contributed by atoms with Gasteiger partial charge in [0.25, 0.3) is 0 Å². The van der Waals surface area contributed by atoms with Crippen molar-refractivity contribution in [3.8, 4) is 5.88 Å². The van der Waals surface area contributed by atoms with Crippen LogP contribution in [0.4, 0.5) is 0 Å². The molecule has 1 aromatic rings. The van der Waals surface area contributed by atoms with E-state index in [1.165, 1.54) is 31.5 Å². The van der Waals surface area contributed by atoms with Crippen molar-refractivity contribution in [2.75, 3.05) is 20.2 Å². The minimum Gasteiger partial charge on any atom is -0.481 e. The number of pyridine rings is 1. The summed E-state index contributed by atoms with van der Waals surface area (Å²) in [5.41, 5.74) is 1.32. The van der Waals surface area contributed by atoms with Gasteiger partial charge in [0.2, 0.25) is 5.88 Å². The number of ether oxygens (including phenoxy) is 1. The normalized spacial score (nSPS) is 21.1. The lowest BCUT2D eigenvalue weighted by Crippen LogP contribution is -2.27. The maximum Gasteiger partial charge on any atom is 0.212 e. The van der Waals surface area contributed by atoms with Crippen molar-refractivity contribution < 1.29 is 4.74 Å². The zero-order valence-corrected chi connectivity index (χ0v) is 11.0. The minimum atomic E-state index is 0.552. The molecular formula is C14H22N2O. The van der Waals surface area contributed by atoms with Crippen molar-refractivity contribution in [1.82, 2.24) is 9.88 Å². The van der Waals surface area contributed by atoms with E-state index >= 15 is 0 Å². The summed E-state index contributed by atoms with van der Waals surface area (Å²) in [5.74, 6) is 1.42. The monoisotopic (exact) mass is 234 g/mol. The lowest BCUT2D eigenvalue weighted by molar-refractivity contribution is 0.228. The van der Waals surface area contributed by atoms with E-state index in [1.807, 2.05) is 12.3 Å². The lowest BCUT2D eigenvalue weighted by Gasteiger charge is -2.26. The molecule has 0 amide bonds. The summed E-state index contributed by atoms with van der Waals surface area (Å²) < 4.78 is 5.10. The van der Waals surface area contributed by atoms with Crippen LogP contribution in [-0.4, -0.2) is 30.1 Å². The Labute approximate surface area is 104 Å². The van der Waals surface area contributed by atoms with Crippen LogP contribution in [0, 0.1) is 5.92 Å². The molecule has 3 heteroatoms. The summed E-state index contributed by atoms with van der Waals surface area (Å²) in [7, 11) is 1.66. The van der Waals surface area contributed by atoms with Crippen LogP contribution in [0.2, 0.25) is 0 Å². The van der Waals surface area contributed by atoms with Crippen molar-refractivity contribution in [2.45, 2.75) is 32.7 Å². The second-order valence-electron chi connectivity index (χ2n) is 5.18. The predicted molar refractivity (Wildman–Crippen MR) is 69.2 cm³/mol. The molecule has 0 N–H and O–H groups in total. The topological polar surface area (TPSA) is 25.4 Å². The molecule has 2 rings (SSSR count). The summed E-state index contributed by atoms with van der Waals surface area (Å²) in [6.07, 6.45) is 4.51. The van der Waals surface area contributed by atoms with Crippen LogP contribution in [0.5, 0.6) is 5.88 Å². The van der Waals surface area contributed by atoms with Gasteiger partial charge in [-0.25, -0.2) is 4.98 Å². The van der Waals surface area contributed by atoms with Gasteiger partial charge in [0.15, 0.2) is 0 Å². The molecule has 1 aromatic heterocycles. The van der Waals surface area contributed by atoms with Gasteiger partial charge in [-0.3, -0.25) is 4.90 Å². The second kappa shape index (κ2) is 5.50. The maximum atomic E-state index is 5.10. The summed E-state index contributed by atoms with van der Waals surface area (Å²) in [4.78, 5) is 6.88. The van der Waals surface area contributed by atoms with Crippen LogP contribution >= 0.6 is 0 Å². The molecule has 94 valence electrons. The first-order chi connectivity index (χ1) is 8.20. The molecule has 1 atom stereocenters. The van der Waals surface area contributed by atoms with E-state index in [0.717, 1.165) is 5.92 Å².